The van der Waals surface area contributed by atoms with Crippen LogP contribution in [0.5, 0.6) is 0 Å². The Morgan fingerprint density at radius 2 is 2.00 bits per heavy atom. The van der Waals surface area contributed by atoms with Crippen molar-refractivity contribution >= 4 is 23.0 Å². The molecule has 1 aliphatic rings. The average molecular weight is 317 g/mol. The molecule has 1 aromatic rings. The number of benzene rings is 1. The SMILES string of the molecule is OC1CCC(Nc2c(F)cccc2NCC(O)CCl)CC1. The topological polar surface area (TPSA) is 64.5 Å². The molecule has 0 heterocycles. The summed E-state index contributed by atoms with van der Waals surface area (Å²) in [4.78, 5) is 0. The standard InChI is InChI=1S/C15H22ClFN2O2/c16-8-12(21)9-18-14-3-1-2-13(17)15(14)19-10-4-6-11(20)7-5-10/h1-3,10-12,18-21H,4-9H2. The quantitative estimate of drug-likeness (QED) is 0.609. The van der Waals surface area contributed by atoms with Crippen molar-refractivity contribution in [1.29, 1.82) is 0 Å². The molecule has 1 aromatic carbocycles. The van der Waals surface area contributed by atoms with E-state index in [2.05, 4.69) is 10.6 Å². The minimum atomic E-state index is -0.674. The highest BCUT2D eigenvalue weighted by molar-refractivity contribution is 6.18. The maximum atomic E-state index is 14.0. The number of hydrogen-bond acceptors (Lipinski definition) is 4. The van der Waals surface area contributed by atoms with E-state index in [4.69, 9.17) is 11.6 Å². The normalized spacial score (nSPS) is 23.6. The van der Waals surface area contributed by atoms with Crippen LogP contribution in [-0.2, 0) is 0 Å². The second kappa shape index (κ2) is 7.82. The predicted molar refractivity (Wildman–Crippen MR) is 83.5 cm³/mol. The van der Waals surface area contributed by atoms with Gasteiger partial charge >= 0.3 is 0 Å². The van der Waals surface area contributed by atoms with Crippen molar-refractivity contribution in [3.63, 3.8) is 0 Å². The summed E-state index contributed by atoms with van der Waals surface area (Å²) < 4.78 is 14.0. The molecule has 0 aliphatic heterocycles. The van der Waals surface area contributed by atoms with Crippen molar-refractivity contribution in [3.8, 4) is 0 Å². The van der Waals surface area contributed by atoms with Gasteiger partial charge in [-0.15, -0.1) is 11.6 Å². The van der Waals surface area contributed by atoms with Gasteiger partial charge in [0.2, 0.25) is 0 Å². The zero-order valence-electron chi connectivity index (χ0n) is 11.9. The highest BCUT2D eigenvalue weighted by Gasteiger charge is 2.21. The number of alkyl halides is 1. The molecule has 0 saturated heterocycles. The summed E-state index contributed by atoms with van der Waals surface area (Å²) in [6, 6.07) is 4.96. The van der Waals surface area contributed by atoms with Crippen LogP contribution in [0, 0.1) is 5.82 Å². The van der Waals surface area contributed by atoms with Crippen LogP contribution in [0.25, 0.3) is 0 Å². The van der Waals surface area contributed by atoms with Gasteiger partial charge in [-0.25, -0.2) is 4.39 Å². The third-order valence-corrected chi connectivity index (χ3v) is 4.12. The molecule has 1 aliphatic carbocycles. The van der Waals surface area contributed by atoms with Gasteiger partial charge in [0.05, 0.1) is 29.5 Å². The molecule has 4 nitrogen and oxygen atoms in total. The number of anilines is 2. The Kier molecular flexibility index (Phi) is 6.08. The largest absolute Gasteiger partial charge is 0.393 e. The van der Waals surface area contributed by atoms with Crippen LogP contribution in [0.4, 0.5) is 15.8 Å². The number of para-hydroxylation sites is 1. The van der Waals surface area contributed by atoms with Gasteiger partial charge in [0.25, 0.3) is 0 Å². The van der Waals surface area contributed by atoms with Crippen LogP contribution in [-0.4, -0.2) is 40.9 Å². The van der Waals surface area contributed by atoms with E-state index in [9.17, 15) is 14.6 Å². The van der Waals surface area contributed by atoms with Crippen molar-refractivity contribution < 1.29 is 14.6 Å². The summed E-state index contributed by atoms with van der Waals surface area (Å²) in [6.07, 6.45) is 2.20. The van der Waals surface area contributed by atoms with Crippen LogP contribution in [0.1, 0.15) is 25.7 Å². The molecule has 0 aromatic heterocycles. The van der Waals surface area contributed by atoms with Gasteiger partial charge in [0.1, 0.15) is 5.82 Å². The summed E-state index contributed by atoms with van der Waals surface area (Å²) in [5, 5.41) is 25.2. The van der Waals surface area contributed by atoms with Crippen molar-refractivity contribution in [2.75, 3.05) is 23.1 Å². The maximum Gasteiger partial charge on any atom is 0.148 e. The van der Waals surface area contributed by atoms with Crippen LogP contribution in [0.15, 0.2) is 18.2 Å². The fraction of sp³-hybridized carbons (Fsp3) is 0.600. The highest BCUT2D eigenvalue weighted by Crippen LogP contribution is 2.29. The molecule has 4 N–H and O–H groups in total. The molecule has 21 heavy (non-hydrogen) atoms. The van der Waals surface area contributed by atoms with Crippen molar-refractivity contribution in [2.45, 2.75) is 43.9 Å². The second-order valence-electron chi connectivity index (χ2n) is 5.50. The summed E-state index contributed by atoms with van der Waals surface area (Å²) in [5.41, 5.74) is 1.03. The van der Waals surface area contributed by atoms with Crippen molar-refractivity contribution in [3.05, 3.63) is 24.0 Å². The molecule has 0 radical (unpaired) electrons. The van der Waals surface area contributed by atoms with Gasteiger partial charge in [0.15, 0.2) is 0 Å². The Bertz CT molecular complexity index is 453. The molecule has 1 saturated carbocycles. The zero-order valence-corrected chi connectivity index (χ0v) is 12.6. The number of aliphatic hydroxyl groups is 2. The van der Waals surface area contributed by atoms with Crippen LogP contribution >= 0.6 is 11.6 Å². The first-order chi connectivity index (χ1) is 10.1. The zero-order chi connectivity index (χ0) is 15.2. The average Bonchev–Trinajstić information content (AvgIpc) is 2.49. The van der Waals surface area contributed by atoms with Crippen LogP contribution < -0.4 is 10.6 Å². The van der Waals surface area contributed by atoms with Crippen molar-refractivity contribution in [1.82, 2.24) is 0 Å². The van der Waals surface area contributed by atoms with Crippen LogP contribution in [0.3, 0.4) is 0 Å². The fourth-order valence-corrected chi connectivity index (χ4v) is 2.63. The second-order valence-corrected chi connectivity index (χ2v) is 5.81. The molecule has 1 atom stereocenters. The molecule has 0 spiro atoms. The molecule has 1 fully saturated rings. The number of halogens is 2. The third-order valence-electron chi connectivity index (χ3n) is 3.77. The highest BCUT2D eigenvalue weighted by atomic mass is 35.5. The predicted octanol–water partition coefficient (Wildman–Crippen LogP) is 2.55. The van der Waals surface area contributed by atoms with E-state index in [-0.39, 0.29) is 30.4 Å². The first-order valence-electron chi connectivity index (χ1n) is 7.31. The number of rotatable bonds is 6. The summed E-state index contributed by atoms with van der Waals surface area (Å²) in [6.45, 7) is 0.269. The monoisotopic (exact) mass is 316 g/mol. The number of hydrogen-bond donors (Lipinski definition) is 4. The molecule has 0 bridgehead atoms. The van der Waals surface area contributed by atoms with E-state index < -0.39 is 6.10 Å². The van der Waals surface area contributed by atoms with Gasteiger partial charge in [-0.1, -0.05) is 6.07 Å². The van der Waals surface area contributed by atoms with Gasteiger partial charge in [0, 0.05) is 12.6 Å². The van der Waals surface area contributed by atoms with Gasteiger partial charge < -0.3 is 20.8 Å². The molecule has 2 rings (SSSR count). The number of aliphatic hydroxyl groups excluding tert-OH is 2. The summed E-state index contributed by atoms with van der Waals surface area (Å²) in [5.74, 6) is -0.197. The van der Waals surface area contributed by atoms with Gasteiger partial charge in [-0.2, -0.15) is 0 Å². The lowest BCUT2D eigenvalue weighted by Gasteiger charge is -2.28. The fourth-order valence-electron chi connectivity index (χ4n) is 2.52. The first-order valence-corrected chi connectivity index (χ1v) is 7.84. The van der Waals surface area contributed by atoms with E-state index in [1.54, 1.807) is 12.1 Å². The lowest BCUT2D eigenvalue weighted by molar-refractivity contribution is 0.126. The Morgan fingerprint density at radius 3 is 2.67 bits per heavy atom. The molecular weight excluding hydrogens is 295 g/mol. The lowest BCUT2D eigenvalue weighted by Crippen LogP contribution is -2.29. The van der Waals surface area contributed by atoms with E-state index in [1.165, 1.54) is 6.07 Å². The Balaban J connectivity index is 2.03. The molecule has 118 valence electrons. The minimum Gasteiger partial charge on any atom is -0.393 e. The molecule has 1 unspecified atom stereocenters. The molecular formula is C15H22ClFN2O2. The Labute approximate surface area is 129 Å². The lowest BCUT2D eigenvalue weighted by atomic mass is 9.93. The van der Waals surface area contributed by atoms with E-state index in [1.807, 2.05) is 0 Å². The first kappa shape index (κ1) is 16.3. The summed E-state index contributed by atoms with van der Waals surface area (Å²) >= 11 is 5.56. The van der Waals surface area contributed by atoms with Crippen LogP contribution in [0.2, 0.25) is 0 Å². The molecule has 6 heteroatoms. The van der Waals surface area contributed by atoms with E-state index in [0.717, 1.165) is 25.7 Å². The third kappa shape index (κ3) is 4.73. The van der Waals surface area contributed by atoms with Crippen molar-refractivity contribution in [2.24, 2.45) is 0 Å². The van der Waals surface area contributed by atoms with E-state index >= 15 is 0 Å². The molecule has 0 amide bonds. The van der Waals surface area contributed by atoms with E-state index in [0.29, 0.717) is 11.4 Å². The van der Waals surface area contributed by atoms with Gasteiger partial charge in [-0.05, 0) is 37.8 Å². The Morgan fingerprint density at radius 1 is 1.29 bits per heavy atom. The van der Waals surface area contributed by atoms with Gasteiger partial charge in [-0.3, -0.25) is 0 Å². The maximum absolute atomic E-state index is 14.0. The summed E-state index contributed by atoms with van der Waals surface area (Å²) in [7, 11) is 0. The smallest absolute Gasteiger partial charge is 0.148 e. The number of nitrogens with one attached hydrogen (secondary N) is 2. The Hall–Kier alpha value is -1.04. The minimum absolute atomic E-state index is 0.131.